The summed E-state index contributed by atoms with van der Waals surface area (Å²) in [4.78, 5) is 21.2. The number of anilines is 3. The number of nitrogens with zero attached hydrogens (tertiary/aromatic N) is 3. The van der Waals surface area contributed by atoms with E-state index in [0.29, 0.717) is 11.5 Å². The Balaban J connectivity index is 1.55. The Kier molecular flexibility index (Phi) is 5.66. The molecule has 0 spiro atoms. The number of aryl methyl sites for hydroxylation is 4. The van der Waals surface area contributed by atoms with Crippen LogP contribution in [0.1, 0.15) is 35.0 Å². The van der Waals surface area contributed by atoms with Crippen molar-refractivity contribution in [1.82, 2.24) is 15.1 Å². The van der Waals surface area contributed by atoms with Crippen molar-refractivity contribution in [1.29, 1.82) is 0 Å². The van der Waals surface area contributed by atoms with E-state index in [1.165, 1.54) is 6.33 Å². The van der Waals surface area contributed by atoms with Crippen LogP contribution in [0.3, 0.4) is 0 Å². The van der Waals surface area contributed by atoms with Crippen LogP contribution in [0, 0.1) is 20.8 Å². The van der Waals surface area contributed by atoms with Crippen molar-refractivity contribution in [2.75, 3.05) is 10.6 Å². The molecule has 2 N–H and O–H groups in total. The summed E-state index contributed by atoms with van der Waals surface area (Å²) < 4.78 is 5.47. The molecule has 0 atom stereocenters. The first kappa shape index (κ1) is 20.5. The maximum atomic E-state index is 12.8. The fraction of sp³-hybridized carbons (Fsp3) is 0.250. The Hall–Kier alpha value is -3.74. The van der Waals surface area contributed by atoms with Crippen molar-refractivity contribution in [3.05, 3.63) is 70.8 Å². The van der Waals surface area contributed by atoms with Gasteiger partial charge in [-0.2, -0.15) is 0 Å². The number of carbonyl (C=O) groups is 1. The van der Waals surface area contributed by atoms with Crippen molar-refractivity contribution in [2.45, 2.75) is 40.5 Å². The van der Waals surface area contributed by atoms with E-state index >= 15 is 0 Å². The Labute approximate surface area is 180 Å². The first-order valence-electron chi connectivity index (χ1n) is 10.3. The Morgan fingerprint density at radius 1 is 1.06 bits per heavy atom. The maximum Gasteiger partial charge on any atom is 0.230 e. The van der Waals surface area contributed by atoms with Crippen LogP contribution in [-0.4, -0.2) is 21.0 Å². The summed E-state index contributed by atoms with van der Waals surface area (Å²) >= 11 is 0. The lowest BCUT2D eigenvalue weighted by Gasteiger charge is -2.13. The molecule has 4 aromatic rings. The SMILES string of the molecule is CCc1ccc(Nc2cc(C)ncn2)cc1NC(=O)Cc1noc2c(C)cc(C)cc12. The number of carbonyl (C=O) groups excluding carboxylic acids is 1. The maximum absolute atomic E-state index is 12.8. The molecule has 31 heavy (non-hydrogen) atoms. The molecule has 0 aliphatic heterocycles. The number of hydrogen-bond donors (Lipinski definition) is 2. The highest BCUT2D eigenvalue weighted by molar-refractivity contribution is 5.96. The predicted octanol–water partition coefficient (Wildman–Crippen LogP) is 5.03. The average molecular weight is 415 g/mol. The summed E-state index contributed by atoms with van der Waals surface area (Å²) in [5, 5.41) is 11.3. The Morgan fingerprint density at radius 3 is 2.68 bits per heavy atom. The van der Waals surface area contributed by atoms with Gasteiger partial charge in [-0.05, 0) is 62.1 Å². The largest absolute Gasteiger partial charge is 0.356 e. The molecule has 0 unspecified atom stereocenters. The highest BCUT2D eigenvalue weighted by Gasteiger charge is 2.16. The van der Waals surface area contributed by atoms with Crippen LogP contribution in [0.25, 0.3) is 11.0 Å². The number of amides is 1. The normalized spacial score (nSPS) is 11.0. The molecular formula is C24H25N5O2. The van der Waals surface area contributed by atoms with E-state index in [0.717, 1.165) is 51.1 Å². The highest BCUT2D eigenvalue weighted by atomic mass is 16.5. The zero-order chi connectivity index (χ0) is 22.0. The fourth-order valence-electron chi connectivity index (χ4n) is 3.66. The number of aromatic nitrogens is 3. The number of fused-ring (bicyclic) bond motifs is 1. The number of hydrogen-bond acceptors (Lipinski definition) is 6. The minimum atomic E-state index is -0.140. The van der Waals surface area contributed by atoms with E-state index in [9.17, 15) is 4.79 Å². The van der Waals surface area contributed by atoms with Crippen molar-refractivity contribution < 1.29 is 9.32 Å². The van der Waals surface area contributed by atoms with Crippen LogP contribution in [0.4, 0.5) is 17.2 Å². The number of nitrogens with one attached hydrogen (secondary N) is 2. The summed E-state index contributed by atoms with van der Waals surface area (Å²) in [5.41, 5.74) is 7.03. The van der Waals surface area contributed by atoms with Gasteiger partial charge in [-0.1, -0.05) is 24.2 Å². The average Bonchev–Trinajstić information content (AvgIpc) is 3.11. The molecular weight excluding hydrogens is 390 g/mol. The van der Waals surface area contributed by atoms with Crippen molar-refractivity contribution in [3.63, 3.8) is 0 Å². The molecule has 0 aliphatic carbocycles. The summed E-state index contributed by atoms with van der Waals surface area (Å²) in [6.07, 6.45) is 2.46. The second kappa shape index (κ2) is 8.55. The summed E-state index contributed by atoms with van der Waals surface area (Å²) in [7, 11) is 0. The predicted molar refractivity (Wildman–Crippen MR) is 122 cm³/mol. The van der Waals surface area contributed by atoms with Crippen LogP contribution in [0.5, 0.6) is 0 Å². The smallest absolute Gasteiger partial charge is 0.230 e. The van der Waals surface area contributed by atoms with Crippen LogP contribution in [-0.2, 0) is 17.6 Å². The molecule has 0 saturated heterocycles. The van der Waals surface area contributed by atoms with E-state index in [2.05, 4.69) is 32.7 Å². The Morgan fingerprint density at radius 2 is 1.90 bits per heavy atom. The lowest BCUT2D eigenvalue weighted by molar-refractivity contribution is -0.115. The lowest BCUT2D eigenvalue weighted by Crippen LogP contribution is -2.16. The zero-order valence-electron chi connectivity index (χ0n) is 18.1. The monoisotopic (exact) mass is 415 g/mol. The van der Waals surface area contributed by atoms with Gasteiger partial charge in [0, 0.05) is 28.5 Å². The van der Waals surface area contributed by atoms with E-state index in [4.69, 9.17) is 4.52 Å². The van der Waals surface area contributed by atoms with Gasteiger partial charge in [0.15, 0.2) is 5.58 Å². The van der Waals surface area contributed by atoms with Crippen molar-refractivity contribution >= 4 is 34.1 Å². The standard InChI is InChI=1S/C24H25N5O2/c1-5-17-6-7-18(27-22-10-16(4)25-13-26-22)11-20(17)28-23(30)12-21-19-9-14(2)8-15(3)24(19)31-29-21/h6-11,13H,5,12H2,1-4H3,(H,28,30)(H,25,26,27). The van der Waals surface area contributed by atoms with Crippen LogP contribution in [0.2, 0.25) is 0 Å². The zero-order valence-corrected chi connectivity index (χ0v) is 18.1. The summed E-state index contributed by atoms with van der Waals surface area (Å²) in [5.74, 6) is 0.563. The van der Waals surface area contributed by atoms with Gasteiger partial charge in [0.05, 0.1) is 6.42 Å². The molecule has 0 saturated carbocycles. The number of rotatable bonds is 6. The summed E-state index contributed by atoms with van der Waals surface area (Å²) in [6, 6.07) is 11.8. The summed E-state index contributed by atoms with van der Waals surface area (Å²) in [6.45, 7) is 7.97. The topological polar surface area (TPSA) is 92.9 Å². The van der Waals surface area contributed by atoms with Gasteiger partial charge in [0.1, 0.15) is 17.8 Å². The second-order valence-corrected chi connectivity index (χ2v) is 7.71. The van der Waals surface area contributed by atoms with Gasteiger partial charge in [-0.15, -0.1) is 0 Å². The van der Waals surface area contributed by atoms with E-state index in [-0.39, 0.29) is 12.3 Å². The molecule has 4 rings (SSSR count). The van der Waals surface area contributed by atoms with E-state index in [1.807, 2.05) is 57.2 Å². The molecule has 0 radical (unpaired) electrons. The molecule has 158 valence electrons. The minimum Gasteiger partial charge on any atom is -0.356 e. The molecule has 2 heterocycles. The van der Waals surface area contributed by atoms with Gasteiger partial charge in [-0.3, -0.25) is 4.79 Å². The quantitative estimate of drug-likeness (QED) is 0.459. The first-order chi connectivity index (χ1) is 14.9. The van der Waals surface area contributed by atoms with Crippen LogP contribution in [0.15, 0.2) is 47.2 Å². The van der Waals surface area contributed by atoms with Crippen molar-refractivity contribution in [2.24, 2.45) is 0 Å². The Bertz CT molecular complexity index is 1260. The second-order valence-electron chi connectivity index (χ2n) is 7.71. The molecule has 0 fully saturated rings. The molecule has 7 nitrogen and oxygen atoms in total. The van der Waals surface area contributed by atoms with E-state index < -0.39 is 0 Å². The fourth-order valence-corrected chi connectivity index (χ4v) is 3.66. The van der Waals surface area contributed by atoms with Crippen molar-refractivity contribution in [3.8, 4) is 0 Å². The molecule has 7 heteroatoms. The third-order valence-corrected chi connectivity index (χ3v) is 5.15. The van der Waals surface area contributed by atoms with Gasteiger partial charge >= 0.3 is 0 Å². The van der Waals surface area contributed by atoms with Gasteiger partial charge < -0.3 is 15.2 Å². The van der Waals surface area contributed by atoms with Crippen LogP contribution >= 0.6 is 0 Å². The first-order valence-corrected chi connectivity index (χ1v) is 10.3. The lowest BCUT2D eigenvalue weighted by atomic mass is 10.1. The minimum absolute atomic E-state index is 0.140. The molecule has 2 aromatic heterocycles. The third-order valence-electron chi connectivity index (χ3n) is 5.15. The molecule has 0 aliphatic rings. The molecule has 0 bridgehead atoms. The highest BCUT2D eigenvalue weighted by Crippen LogP contribution is 2.26. The number of benzene rings is 2. The van der Waals surface area contributed by atoms with Gasteiger partial charge in [0.2, 0.25) is 5.91 Å². The van der Waals surface area contributed by atoms with Gasteiger partial charge in [-0.25, -0.2) is 9.97 Å². The van der Waals surface area contributed by atoms with Gasteiger partial charge in [0.25, 0.3) is 0 Å². The molecule has 1 amide bonds. The van der Waals surface area contributed by atoms with E-state index in [1.54, 1.807) is 0 Å². The molecule has 2 aromatic carbocycles. The van der Waals surface area contributed by atoms with Crippen LogP contribution < -0.4 is 10.6 Å². The third kappa shape index (κ3) is 4.55.